The third kappa shape index (κ3) is 4.85. The average Bonchev–Trinajstić information content (AvgIpc) is 3.25. The first-order valence-corrected chi connectivity index (χ1v) is 10.3. The minimum atomic E-state index is -0.247. The summed E-state index contributed by atoms with van der Waals surface area (Å²) in [6.45, 7) is 0.698. The first kappa shape index (κ1) is 20.5. The molecule has 2 atom stereocenters. The van der Waals surface area contributed by atoms with Gasteiger partial charge in [0.05, 0.1) is 12.1 Å². The van der Waals surface area contributed by atoms with Crippen molar-refractivity contribution in [3.63, 3.8) is 0 Å². The minimum absolute atomic E-state index is 0.114. The molecule has 0 saturated heterocycles. The van der Waals surface area contributed by atoms with Crippen LogP contribution in [-0.2, 0) is 4.79 Å². The molecular formula is C25H24N4O2. The van der Waals surface area contributed by atoms with Gasteiger partial charge in [0.1, 0.15) is 5.69 Å². The Bertz CT molecular complexity index is 1130. The van der Waals surface area contributed by atoms with E-state index in [0.717, 1.165) is 16.7 Å². The Balaban J connectivity index is 1.49. The number of amides is 2. The van der Waals surface area contributed by atoms with Gasteiger partial charge >= 0.3 is 0 Å². The molecule has 6 nitrogen and oxygen atoms in total. The van der Waals surface area contributed by atoms with Crippen molar-refractivity contribution in [2.24, 2.45) is 5.73 Å². The number of hydrogen-bond acceptors (Lipinski definition) is 3. The van der Waals surface area contributed by atoms with E-state index >= 15 is 0 Å². The zero-order chi connectivity index (χ0) is 21.6. The van der Waals surface area contributed by atoms with E-state index in [2.05, 4.69) is 22.5 Å². The Morgan fingerprint density at radius 2 is 1.77 bits per heavy atom. The molecule has 156 valence electrons. The van der Waals surface area contributed by atoms with Gasteiger partial charge in [-0.3, -0.25) is 9.59 Å². The van der Waals surface area contributed by atoms with E-state index in [1.54, 1.807) is 6.07 Å². The normalized spacial score (nSPS) is 15.8. The second-order valence-corrected chi connectivity index (χ2v) is 7.47. The molecule has 1 aliphatic heterocycles. The van der Waals surface area contributed by atoms with Crippen LogP contribution >= 0.6 is 0 Å². The summed E-state index contributed by atoms with van der Waals surface area (Å²) < 4.78 is 1.85. The molecule has 31 heavy (non-hydrogen) atoms. The average molecular weight is 412 g/mol. The van der Waals surface area contributed by atoms with Crippen molar-refractivity contribution in [1.82, 2.24) is 15.2 Å². The van der Waals surface area contributed by atoms with Crippen LogP contribution in [0.4, 0.5) is 0 Å². The third-order valence-corrected chi connectivity index (χ3v) is 5.29. The van der Waals surface area contributed by atoms with Crippen LogP contribution in [0, 0.1) is 11.8 Å². The third-order valence-electron chi connectivity index (χ3n) is 5.29. The van der Waals surface area contributed by atoms with Gasteiger partial charge in [-0.15, -0.1) is 0 Å². The van der Waals surface area contributed by atoms with E-state index in [-0.39, 0.29) is 30.3 Å². The summed E-state index contributed by atoms with van der Waals surface area (Å²) in [6, 6.07) is 20.7. The molecule has 4 N–H and O–H groups in total. The first-order chi connectivity index (χ1) is 15.1. The van der Waals surface area contributed by atoms with Gasteiger partial charge in [-0.2, -0.15) is 0 Å². The Labute approximate surface area is 181 Å². The summed E-state index contributed by atoms with van der Waals surface area (Å²) in [7, 11) is 0. The molecular weight excluding hydrogens is 388 g/mol. The Morgan fingerprint density at radius 1 is 1.10 bits per heavy atom. The van der Waals surface area contributed by atoms with Gasteiger partial charge in [0, 0.05) is 36.8 Å². The predicted molar refractivity (Wildman–Crippen MR) is 119 cm³/mol. The van der Waals surface area contributed by atoms with Gasteiger partial charge in [-0.05, 0) is 23.8 Å². The van der Waals surface area contributed by atoms with Gasteiger partial charge in [-0.25, -0.2) is 0 Å². The van der Waals surface area contributed by atoms with Crippen LogP contribution in [0.5, 0.6) is 0 Å². The second kappa shape index (κ2) is 9.33. The quantitative estimate of drug-likeness (QED) is 0.562. The number of rotatable bonds is 5. The highest BCUT2D eigenvalue weighted by atomic mass is 16.2. The van der Waals surface area contributed by atoms with Crippen LogP contribution in [0.1, 0.15) is 45.7 Å². The van der Waals surface area contributed by atoms with Crippen LogP contribution in [0.25, 0.3) is 0 Å². The highest BCUT2D eigenvalue weighted by Crippen LogP contribution is 2.22. The number of nitrogens with zero attached hydrogens (tertiary/aromatic N) is 1. The lowest BCUT2D eigenvalue weighted by Crippen LogP contribution is -2.41. The highest BCUT2D eigenvalue weighted by molar-refractivity contribution is 5.94. The molecule has 6 heteroatoms. The summed E-state index contributed by atoms with van der Waals surface area (Å²) in [5, 5.41) is 5.87. The lowest BCUT2D eigenvalue weighted by molar-refractivity contribution is -0.122. The number of benzene rings is 2. The number of carbonyl (C=O) groups excluding carboxylic acids is 2. The number of carbonyl (C=O) groups is 2. The smallest absolute Gasteiger partial charge is 0.268 e. The van der Waals surface area contributed by atoms with Crippen molar-refractivity contribution >= 4 is 11.8 Å². The van der Waals surface area contributed by atoms with Crippen molar-refractivity contribution < 1.29 is 9.59 Å². The van der Waals surface area contributed by atoms with Gasteiger partial charge in [-0.1, -0.05) is 60.4 Å². The maximum atomic E-state index is 12.7. The Morgan fingerprint density at radius 3 is 2.48 bits per heavy atom. The zero-order valence-corrected chi connectivity index (χ0v) is 17.0. The molecule has 1 aliphatic rings. The SMILES string of the molecule is NC[C@H](NC(=O)CC1CNC(=O)c2cc(C#Cc3ccccc3)cn21)c1ccccc1. The van der Waals surface area contributed by atoms with Crippen molar-refractivity contribution in [1.29, 1.82) is 0 Å². The maximum absolute atomic E-state index is 12.7. The van der Waals surface area contributed by atoms with Crippen LogP contribution < -0.4 is 16.4 Å². The van der Waals surface area contributed by atoms with Crippen LogP contribution in [0.2, 0.25) is 0 Å². The zero-order valence-electron chi connectivity index (χ0n) is 17.0. The van der Waals surface area contributed by atoms with Gasteiger partial charge in [0.25, 0.3) is 5.91 Å². The topological polar surface area (TPSA) is 89.2 Å². The lowest BCUT2D eigenvalue weighted by atomic mass is 10.1. The monoisotopic (exact) mass is 412 g/mol. The number of aromatic nitrogens is 1. The summed E-state index contributed by atoms with van der Waals surface area (Å²) in [4.78, 5) is 25.1. The lowest BCUT2D eigenvalue weighted by Gasteiger charge is -2.27. The van der Waals surface area contributed by atoms with Crippen molar-refractivity contribution in [3.05, 3.63) is 95.3 Å². The largest absolute Gasteiger partial charge is 0.349 e. The molecule has 0 fully saturated rings. The number of nitrogens with two attached hydrogens (primary N) is 1. The first-order valence-electron chi connectivity index (χ1n) is 10.3. The van der Waals surface area contributed by atoms with E-state index < -0.39 is 0 Å². The standard InChI is InChI=1S/C25H24N4O2/c26-15-22(20-9-5-2-6-10-20)28-24(30)14-21-16-27-25(31)23-13-19(17-29(21)23)12-11-18-7-3-1-4-8-18/h1-10,13,17,21-22H,14-16,26H2,(H,27,31)(H,28,30)/t21?,22-/m0/s1. The van der Waals surface area contributed by atoms with Crippen molar-refractivity contribution in [3.8, 4) is 11.8 Å². The molecule has 1 unspecified atom stereocenters. The molecule has 0 radical (unpaired) electrons. The van der Waals surface area contributed by atoms with E-state index in [0.29, 0.717) is 18.8 Å². The Hall–Kier alpha value is -3.82. The highest BCUT2D eigenvalue weighted by Gasteiger charge is 2.27. The second-order valence-electron chi connectivity index (χ2n) is 7.47. The van der Waals surface area contributed by atoms with Crippen molar-refractivity contribution in [2.45, 2.75) is 18.5 Å². The summed E-state index contributed by atoms with van der Waals surface area (Å²) in [6.07, 6.45) is 2.08. The maximum Gasteiger partial charge on any atom is 0.268 e. The van der Waals surface area contributed by atoms with Crippen molar-refractivity contribution in [2.75, 3.05) is 13.1 Å². The molecule has 0 aliphatic carbocycles. The summed E-state index contributed by atoms with van der Waals surface area (Å²) in [5.74, 6) is 5.94. The number of fused-ring (bicyclic) bond motifs is 1. The molecule has 2 amide bonds. The molecule has 0 saturated carbocycles. The van der Waals surface area contributed by atoms with Crippen LogP contribution in [0.3, 0.4) is 0 Å². The fourth-order valence-corrected chi connectivity index (χ4v) is 3.70. The Kier molecular flexibility index (Phi) is 6.16. The molecule has 0 bridgehead atoms. The number of nitrogens with one attached hydrogen (secondary N) is 2. The van der Waals surface area contributed by atoms with E-state index in [9.17, 15) is 9.59 Å². The van der Waals surface area contributed by atoms with Gasteiger partial charge in [0.2, 0.25) is 5.91 Å². The van der Waals surface area contributed by atoms with Crippen LogP contribution in [-0.4, -0.2) is 29.5 Å². The number of hydrogen-bond donors (Lipinski definition) is 3. The molecule has 1 aromatic heterocycles. The fraction of sp³-hybridized carbons (Fsp3) is 0.200. The van der Waals surface area contributed by atoms with E-state index in [4.69, 9.17) is 5.73 Å². The molecule has 3 aromatic rings. The molecule has 4 rings (SSSR count). The van der Waals surface area contributed by atoms with E-state index in [1.165, 1.54) is 0 Å². The summed E-state index contributed by atoms with van der Waals surface area (Å²) >= 11 is 0. The fourth-order valence-electron chi connectivity index (χ4n) is 3.70. The predicted octanol–water partition coefficient (Wildman–Crippen LogP) is 2.38. The minimum Gasteiger partial charge on any atom is -0.349 e. The molecule has 2 aromatic carbocycles. The van der Waals surface area contributed by atoms with Gasteiger partial charge in [0.15, 0.2) is 0 Å². The summed E-state index contributed by atoms with van der Waals surface area (Å²) in [5.41, 5.74) is 9.00. The van der Waals surface area contributed by atoms with E-state index in [1.807, 2.05) is 71.4 Å². The molecule has 2 heterocycles. The molecule has 0 spiro atoms. The van der Waals surface area contributed by atoms with Crippen LogP contribution in [0.15, 0.2) is 72.9 Å². The van der Waals surface area contributed by atoms with Gasteiger partial charge < -0.3 is 20.9 Å².